The lowest BCUT2D eigenvalue weighted by Crippen LogP contribution is -2.50. The van der Waals surface area contributed by atoms with Crippen molar-refractivity contribution in [1.82, 2.24) is 9.80 Å². The number of benzene rings is 1. The summed E-state index contributed by atoms with van der Waals surface area (Å²) in [6.45, 7) is 0.601. The maximum atomic E-state index is 13.5. The number of hydrogen-bond donors (Lipinski definition) is 0. The van der Waals surface area contributed by atoms with Crippen LogP contribution in [0.3, 0.4) is 0 Å². The van der Waals surface area contributed by atoms with Crippen LogP contribution in [-0.2, 0) is 4.79 Å². The zero-order chi connectivity index (χ0) is 13.3. The van der Waals surface area contributed by atoms with Crippen molar-refractivity contribution in [2.75, 3.05) is 26.7 Å². The number of carbonyl (C=O) groups is 2. The molecule has 0 atom stereocenters. The van der Waals surface area contributed by atoms with Crippen molar-refractivity contribution in [2.24, 2.45) is 0 Å². The van der Waals surface area contributed by atoms with Crippen molar-refractivity contribution in [1.29, 1.82) is 0 Å². The number of likely N-dealkylation sites (N-methyl/N-ethyl adjacent to an activating group) is 1. The van der Waals surface area contributed by atoms with Gasteiger partial charge in [-0.2, -0.15) is 0 Å². The molecule has 0 unspecified atom stereocenters. The summed E-state index contributed by atoms with van der Waals surface area (Å²) in [6, 6.07) is 3.42. The average Bonchev–Trinajstić information content (AvgIpc) is 2.35. The molecule has 1 aliphatic heterocycles. The fourth-order valence-electron chi connectivity index (χ4n) is 1.77. The van der Waals surface area contributed by atoms with Gasteiger partial charge in [0.2, 0.25) is 5.91 Å². The van der Waals surface area contributed by atoms with E-state index in [0.29, 0.717) is 13.1 Å². The first kappa shape index (κ1) is 12.5. The molecule has 1 aromatic rings. The van der Waals surface area contributed by atoms with Gasteiger partial charge >= 0.3 is 0 Å². The van der Waals surface area contributed by atoms with Gasteiger partial charge in [0.05, 0.1) is 5.56 Å². The Balaban J connectivity index is 2.22. The minimum Gasteiger partial charge on any atom is -0.342 e. The normalized spacial score (nSPS) is 16.1. The van der Waals surface area contributed by atoms with Crippen LogP contribution < -0.4 is 0 Å². The van der Waals surface area contributed by atoms with Crippen LogP contribution in [0.2, 0.25) is 0 Å². The van der Waals surface area contributed by atoms with E-state index in [1.165, 1.54) is 21.9 Å². The summed E-state index contributed by atoms with van der Waals surface area (Å²) < 4.78 is 26.5. The highest BCUT2D eigenvalue weighted by atomic mass is 19.2. The summed E-state index contributed by atoms with van der Waals surface area (Å²) in [4.78, 5) is 26.1. The second kappa shape index (κ2) is 4.72. The van der Waals surface area contributed by atoms with E-state index in [0.717, 1.165) is 6.07 Å². The summed E-state index contributed by atoms with van der Waals surface area (Å²) >= 11 is 0. The molecule has 1 saturated heterocycles. The van der Waals surface area contributed by atoms with Gasteiger partial charge in [0.25, 0.3) is 5.91 Å². The molecule has 0 N–H and O–H groups in total. The Morgan fingerprint density at radius 3 is 2.67 bits per heavy atom. The number of carbonyl (C=O) groups excluding carboxylic acids is 2. The first-order chi connectivity index (χ1) is 8.50. The third-order valence-corrected chi connectivity index (χ3v) is 2.93. The predicted octanol–water partition coefficient (Wildman–Crippen LogP) is 0.879. The molecule has 0 saturated carbocycles. The van der Waals surface area contributed by atoms with Crippen LogP contribution in [0.4, 0.5) is 8.78 Å². The molecule has 18 heavy (non-hydrogen) atoms. The molecule has 0 bridgehead atoms. The van der Waals surface area contributed by atoms with Gasteiger partial charge in [-0.25, -0.2) is 8.78 Å². The van der Waals surface area contributed by atoms with Gasteiger partial charge in [-0.15, -0.1) is 0 Å². The molecule has 6 heteroatoms. The molecule has 2 amide bonds. The number of halogens is 2. The summed E-state index contributed by atoms with van der Waals surface area (Å²) in [5, 5.41) is 0. The van der Waals surface area contributed by atoms with Crippen molar-refractivity contribution < 1.29 is 18.4 Å². The summed E-state index contributed by atoms with van der Waals surface area (Å²) in [5.41, 5.74) is -0.340. The van der Waals surface area contributed by atoms with Crippen LogP contribution in [0, 0.1) is 11.6 Å². The van der Waals surface area contributed by atoms with Gasteiger partial charge in [-0.3, -0.25) is 9.59 Å². The highest BCUT2D eigenvalue weighted by Crippen LogP contribution is 2.15. The summed E-state index contributed by atoms with van der Waals surface area (Å²) in [6.07, 6.45) is 0. The maximum absolute atomic E-state index is 13.5. The molecular formula is C12H12F2N2O2. The molecule has 0 aromatic heterocycles. The zero-order valence-corrected chi connectivity index (χ0v) is 9.82. The SMILES string of the molecule is CN1CCN(C(=O)c2cccc(F)c2F)CC1=O. The highest BCUT2D eigenvalue weighted by Gasteiger charge is 2.27. The van der Waals surface area contributed by atoms with Crippen molar-refractivity contribution >= 4 is 11.8 Å². The Bertz CT molecular complexity index is 505. The van der Waals surface area contributed by atoms with Gasteiger partial charge in [0.1, 0.15) is 6.54 Å². The molecule has 1 aromatic carbocycles. The summed E-state index contributed by atoms with van der Waals surface area (Å²) in [5.74, 6) is -3.12. The average molecular weight is 254 g/mol. The van der Waals surface area contributed by atoms with E-state index in [1.807, 2.05) is 0 Å². The largest absolute Gasteiger partial charge is 0.342 e. The lowest BCUT2D eigenvalue weighted by molar-refractivity contribution is -0.133. The highest BCUT2D eigenvalue weighted by molar-refractivity contribution is 5.97. The smallest absolute Gasteiger partial charge is 0.257 e. The standard InChI is InChI=1S/C12H12F2N2O2/c1-15-5-6-16(7-10(15)17)12(18)8-3-2-4-9(13)11(8)14/h2-4H,5-7H2,1H3. The Morgan fingerprint density at radius 1 is 1.28 bits per heavy atom. The van der Waals surface area contributed by atoms with E-state index in [9.17, 15) is 18.4 Å². The van der Waals surface area contributed by atoms with Crippen LogP contribution in [0.5, 0.6) is 0 Å². The lowest BCUT2D eigenvalue weighted by Gasteiger charge is -2.32. The topological polar surface area (TPSA) is 40.6 Å². The van der Waals surface area contributed by atoms with Gasteiger partial charge in [-0.1, -0.05) is 6.07 Å². The number of rotatable bonds is 1. The van der Waals surface area contributed by atoms with Crippen LogP contribution >= 0.6 is 0 Å². The second-order valence-electron chi connectivity index (χ2n) is 4.14. The Hall–Kier alpha value is -1.98. The Morgan fingerprint density at radius 2 is 2.00 bits per heavy atom. The quantitative estimate of drug-likeness (QED) is 0.746. The van der Waals surface area contributed by atoms with Crippen LogP contribution in [-0.4, -0.2) is 48.3 Å². The van der Waals surface area contributed by atoms with Gasteiger partial charge in [0, 0.05) is 20.1 Å². The van der Waals surface area contributed by atoms with Crippen LogP contribution in [0.25, 0.3) is 0 Å². The number of nitrogens with zero attached hydrogens (tertiary/aromatic N) is 2. The molecule has 0 aliphatic carbocycles. The first-order valence-electron chi connectivity index (χ1n) is 5.48. The minimum absolute atomic E-state index is 0.106. The Labute approximate surface area is 103 Å². The molecule has 0 spiro atoms. The minimum atomic E-state index is -1.17. The van der Waals surface area contributed by atoms with E-state index in [1.54, 1.807) is 7.05 Å². The third-order valence-electron chi connectivity index (χ3n) is 2.93. The number of amides is 2. The van der Waals surface area contributed by atoms with Crippen LogP contribution in [0.1, 0.15) is 10.4 Å². The van der Waals surface area contributed by atoms with E-state index in [4.69, 9.17) is 0 Å². The molecule has 1 heterocycles. The van der Waals surface area contributed by atoms with E-state index >= 15 is 0 Å². The van der Waals surface area contributed by atoms with E-state index in [-0.39, 0.29) is 18.0 Å². The first-order valence-corrected chi connectivity index (χ1v) is 5.48. The summed E-state index contributed by atoms with van der Waals surface area (Å²) in [7, 11) is 1.63. The second-order valence-corrected chi connectivity index (χ2v) is 4.14. The molecule has 4 nitrogen and oxygen atoms in total. The van der Waals surface area contributed by atoms with Crippen molar-refractivity contribution in [3.8, 4) is 0 Å². The van der Waals surface area contributed by atoms with E-state index < -0.39 is 17.5 Å². The maximum Gasteiger partial charge on any atom is 0.257 e. The predicted molar refractivity (Wildman–Crippen MR) is 59.9 cm³/mol. The van der Waals surface area contributed by atoms with Crippen molar-refractivity contribution in [3.63, 3.8) is 0 Å². The fourth-order valence-corrected chi connectivity index (χ4v) is 1.77. The van der Waals surface area contributed by atoms with Gasteiger partial charge in [-0.05, 0) is 12.1 Å². The number of hydrogen-bond acceptors (Lipinski definition) is 2. The van der Waals surface area contributed by atoms with Crippen molar-refractivity contribution in [2.45, 2.75) is 0 Å². The molecule has 96 valence electrons. The molecule has 0 radical (unpaired) electrons. The van der Waals surface area contributed by atoms with Gasteiger partial charge < -0.3 is 9.80 Å². The Kier molecular flexibility index (Phi) is 3.27. The molecule has 1 aliphatic rings. The lowest BCUT2D eigenvalue weighted by atomic mass is 10.1. The molecule has 1 fully saturated rings. The fraction of sp³-hybridized carbons (Fsp3) is 0.333. The monoisotopic (exact) mass is 254 g/mol. The molecular weight excluding hydrogens is 242 g/mol. The van der Waals surface area contributed by atoms with Crippen LogP contribution in [0.15, 0.2) is 18.2 Å². The zero-order valence-electron chi connectivity index (χ0n) is 9.82. The van der Waals surface area contributed by atoms with Crippen molar-refractivity contribution in [3.05, 3.63) is 35.4 Å². The molecule has 2 rings (SSSR count). The van der Waals surface area contributed by atoms with Gasteiger partial charge in [0.15, 0.2) is 11.6 Å². The third kappa shape index (κ3) is 2.18. The van der Waals surface area contributed by atoms with E-state index in [2.05, 4.69) is 0 Å². The number of piperazine rings is 1.